The highest BCUT2D eigenvalue weighted by molar-refractivity contribution is 7.92. The topological polar surface area (TPSA) is 90.9 Å². The Balaban J connectivity index is 1.96. The maximum Gasteiger partial charge on any atom is 0.338 e. The number of hydrogen-bond donors (Lipinski definition) is 1. The van der Waals surface area contributed by atoms with Crippen LogP contribution < -0.4 is 14.2 Å². The molecule has 1 aliphatic rings. The summed E-state index contributed by atoms with van der Waals surface area (Å²) in [7, 11) is -3.50. The average molecular weight is 496 g/mol. The molecule has 0 saturated heterocycles. The predicted octanol–water partition coefficient (Wildman–Crippen LogP) is 4.64. The van der Waals surface area contributed by atoms with E-state index in [0.29, 0.717) is 0 Å². The van der Waals surface area contributed by atoms with Crippen LogP contribution in [0.5, 0.6) is 11.5 Å². The van der Waals surface area contributed by atoms with E-state index in [1.54, 1.807) is 18.2 Å². The molecule has 0 atom stereocenters. The third-order valence-corrected chi connectivity index (χ3v) is 6.45. The molecule has 0 saturated carbocycles. The molecule has 33 heavy (non-hydrogen) atoms. The van der Waals surface area contributed by atoms with Gasteiger partial charge in [0.1, 0.15) is 35.4 Å². The number of rotatable bonds is 1. The fourth-order valence-electron chi connectivity index (χ4n) is 3.31. The lowest BCUT2D eigenvalue weighted by molar-refractivity contribution is 0.0450. The second-order valence-corrected chi connectivity index (χ2v) is 8.92. The number of fused-ring (bicyclic) bond motifs is 6. The maximum absolute atomic E-state index is 15.4. The van der Waals surface area contributed by atoms with Crippen LogP contribution in [-0.2, 0) is 14.8 Å². The number of nitrogens with one attached hydrogen (secondary N) is 1. The molecule has 3 aromatic rings. The number of esters is 1. The van der Waals surface area contributed by atoms with Crippen molar-refractivity contribution in [2.24, 2.45) is 0 Å². The molecule has 3 aromatic carbocycles. The van der Waals surface area contributed by atoms with Crippen LogP contribution in [0, 0.1) is 11.6 Å². The third-order valence-electron chi connectivity index (χ3n) is 4.82. The Bertz CT molecular complexity index is 1360. The molecule has 0 spiro atoms. The standard InChI is InChI=1S/C22H16ClF2NO6S/c1-30-21-15(23)10-12-11-18(21)33(28,29)26-20-16(24)7-6-14(19(20)25)13-4-2-3-5-17(13)31-8-9-32-22(12)27/h2-7,10-11,26H,8-9H2,1H3. The van der Waals surface area contributed by atoms with E-state index in [0.717, 1.165) is 25.3 Å². The summed E-state index contributed by atoms with van der Waals surface area (Å²) in [4.78, 5) is 11.9. The van der Waals surface area contributed by atoms with Crippen molar-refractivity contribution >= 4 is 33.3 Å². The van der Waals surface area contributed by atoms with Crippen molar-refractivity contribution in [3.05, 3.63) is 70.8 Å². The summed E-state index contributed by atoms with van der Waals surface area (Å²) in [5.41, 5.74) is -0.970. The van der Waals surface area contributed by atoms with Gasteiger partial charge in [-0.15, -0.1) is 0 Å². The summed E-state index contributed by atoms with van der Waals surface area (Å²) in [6.07, 6.45) is 0. The van der Waals surface area contributed by atoms with Crippen molar-refractivity contribution in [2.75, 3.05) is 25.0 Å². The molecule has 1 aliphatic heterocycles. The quantitative estimate of drug-likeness (QED) is 0.494. The second kappa shape index (κ2) is 8.87. The van der Waals surface area contributed by atoms with Crippen molar-refractivity contribution in [1.82, 2.24) is 0 Å². The number of benzene rings is 3. The fourth-order valence-corrected chi connectivity index (χ4v) is 4.95. The second-order valence-electron chi connectivity index (χ2n) is 6.86. The van der Waals surface area contributed by atoms with Gasteiger partial charge in [0.25, 0.3) is 10.0 Å². The van der Waals surface area contributed by atoms with Crippen molar-refractivity contribution in [3.8, 4) is 22.6 Å². The Morgan fingerprint density at radius 1 is 1.03 bits per heavy atom. The zero-order chi connectivity index (χ0) is 23.8. The number of anilines is 1. The van der Waals surface area contributed by atoms with Gasteiger partial charge in [0.15, 0.2) is 11.6 Å². The Hall–Kier alpha value is -3.37. The molecule has 0 unspecified atom stereocenters. The van der Waals surface area contributed by atoms with Crippen LogP contribution in [0.15, 0.2) is 53.4 Å². The van der Waals surface area contributed by atoms with Crippen LogP contribution in [0.2, 0.25) is 5.02 Å². The molecular formula is C22H16ClF2NO6S. The van der Waals surface area contributed by atoms with Gasteiger partial charge in [-0.3, -0.25) is 4.72 Å². The lowest BCUT2D eigenvalue weighted by Crippen LogP contribution is -2.18. The first-order valence-corrected chi connectivity index (χ1v) is 11.4. The molecule has 0 amide bonds. The first-order chi connectivity index (χ1) is 15.7. The highest BCUT2D eigenvalue weighted by Crippen LogP contribution is 2.38. The molecule has 0 aliphatic carbocycles. The number of cyclic esters (lactones) is 1. The zero-order valence-corrected chi connectivity index (χ0v) is 18.6. The van der Waals surface area contributed by atoms with Crippen molar-refractivity contribution < 1.29 is 36.2 Å². The normalized spacial score (nSPS) is 15.1. The Kier molecular flexibility index (Phi) is 6.13. The number of ether oxygens (including phenoxy) is 3. The first kappa shape index (κ1) is 22.8. The van der Waals surface area contributed by atoms with Gasteiger partial charge in [-0.1, -0.05) is 29.8 Å². The van der Waals surface area contributed by atoms with E-state index in [1.807, 2.05) is 4.72 Å². The molecule has 7 nitrogen and oxygen atoms in total. The van der Waals surface area contributed by atoms with Gasteiger partial charge in [0, 0.05) is 11.1 Å². The van der Waals surface area contributed by atoms with Crippen LogP contribution in [0.25, 0.3) is 11.1 Å². The summed E-state index contributed by atoms with van der Waals surface area (Å²) in [6.45, 7) is -0.264. The monoisotopic (exact) mass is 495 g/mol. The Morgan fingerprint density at radius 2 is 1.76 bits per heavy atom. The van der Waals surface area contributed by atoms with E-state index >= 15 is 4.39 Å². The lowest BCUT2D eigenvalue weighted by atomic mass is 10.0. The van der Waals surface area contributed by atoms with Crippen molar-refractivity contribution in [2.45, 2.75) is 4.90 Å². The smallest absolute Gasteiger partial charge is 0.338 e. The SMILES string of the molecule is COc1c(Cl)cc2cc1S(=O)(=O)Nc1c(F)ccc(c1F)-c1ccccc1OCCOC2=O. The summed E-state index contributed by atoms with van der Waals surface area (Å²) >= 11 is 6.11. The van der Waals surface area contributed by atoms with Gasteiger partial charge in [-0.2, -0.15) is 0 Å². The number of hydrogen-bond acceptors (Lipinski definition) is 6. The third kappa shape index (κ3) is 4.31. The van der Waals surface area contributed by atoms with E-state index in [4.69, 9.17) is 25.8 Å². The van der Waals surface area contributed by atoms with E-state index in [-0.39, 0.29) is 46.4 Å². The number of methoxy groups -OCH3 is 1. The molecule has 0 fully saturated rings. The van der Waals surface area contributed by atoms with Gasteiger partial charge < -0.3 is 14.2 Å². The lowest BCUT2D eigenvalue weighted by Gasteiger charge is -2.16. The molecular weight excluding hydrogens is 480 g/mol. The summed E-state index contributed by atoms with van der Waals surface area (Å²) < 4.78 is 74.0. The van der Waals surface area contributed by atoms with Gasteiger partial charge in [-0.25, -0.2) is 22.0 Å². The number of sulfonamides is 1. The Labute approximate surface area is 192 Å². The highest BCUT2D eigenvalue weighted by atomic mass is 35.5. The minimum atomic E-state index is -4.67. The van der Waals surface area contributed by atoms with Crippen LogP contribution in [-0.4, -0.2) is 34.7 Å². The van der Waals surface area contributed by atoms with E-state index < -0.39 is 38.2 Å². The van der Waals surface area contributed by atoms with Crippen LogP contribution in [0.1, 0.15) is 10.4 Å². The molecule has 4 bridgehead atoms. The highest BCUT2D eigenvalue weighted by Gasteiger charge is 2.28. The molecule has 0 aromatic heterocycles. The van der Waals surface area contributed by atoms with Gasteiger partial charge in [0.2, 0.25) is 0 Å². The molecule has 11 heteroatoms. The number of para-hydroxylation sites is 1. The largest absolute Gasteiger partial charge is 0.494 e. The van der Waals surface area contributed by atoms with Gasteiger partial charge >= 0.3 is 5.97 Å². The molecule has 0 radical (unpaired) electrons. The fraction of sp³-hybridized carbons (Fsp3) is 0.136. The molecule has 1 N–H and O–H groups in total. The van der Waals surface area contributed by atoms with E-state index in [1.165, 1.54) is 12.1 Å². The van der Waals surface area contributed by atoms with Crippen LogP contribution in [0.4, 0.5) is 14.5 Å². The maximum atomic E-state index is 15.4. The number of carbonyl (C=O) groups is 1. The van der Waals surface area contributed by atoms with E-state index in [9.17, 15) is 17.6 Å². The molecule has 172 valence electrons. The Morgan fingerprint density at radius 3 is 2.52 bits per heavy atom. The molecule has 1 heterocycles. The summed E-state index contributed by atoms with van der Waals surface area (Å²) in [5, 5.41) is -0.213. The minimum absolute atomic E-state index is 0.0777. The number of carbonyl (C=O) groups excluding carboxylic acids is 1. The minimum Gasteiger partial charge on any atom is -0.494 e. The van der Waals surface area contributed by atoms with E-state index in [2.05, 4.69) is 0 Å². The zero-order valence-electron chi connectivity index (χ0n) is 17.0. The predicted molar refractivity (Wildman–Crippen MR) is 116 cm³/mol. The molecule has 4 rings (SSSR count). The van der Waals surface area contributed by atoms with Crippen LogP contribution >= 0.6 is 11.6 Å². The summed E-state index contributed by atoms with van der Waals surface area (Å²) in [6, 6.07) is 10.5. The van der Waals surface area contributed by atoms with Gasteiger partial charge in [0.05, 0.1) is 17.7 Å². The van der Waals surface area contributed by atoms with Crippen LogP contribution in [0.3, 0.4) is 0 Å². The summed E-state index contributed by atoms with van der Waals surface area (Å²) in [5.74, 6) is -3.26. The average Bonchev–Trinajstić information content (AvgIpc) is 2.79. The number of halogens is 3. The van der Waals surface area contributed by atoms with Crippen molar-refractivity contribution in [1.29, 1.82) is 0 Å². The van der Waals surface area contributed by atoms with Gasteiger partial charge in [-0.05, 0) is 30.3 Å². The van der Waals surface area contributed by atoms with Crippen molar-refractivity contribution in [3.63, 3.8) is 0 Å². The first-order valence-electron chi connectivity index (χ1n) is 9.50.